The van der Waals surface area contributed by atoms with Gasteiger partial charge in [-0.25, -0.2) is 0 Å². The van der Waals surface area contributed by atoms with Crippen molar-refractivity contribution in [1.29, 1.82) is 0 Å². The maximum absolute atomic E-state index is 11.3. The normalized spacial score (nSPS) is 11.3. The minimum absolute atomic E-state index is 0.0933. The SMILES string of the molecule is C=C(C)C(=O)SC(C)(CC)CC. The lowest BCUT2D eigenvalue weighted by Gasteiger charge is -2.24. The van der Waals surface area contributed by atoms with Gasteiger partial charge in [-0.1, -0.05) is 32.2 Å². The van der Waals surface area contributed by atoms with Crippen LogP contribution in [0.3, 0.4) is 0 Å². The molecular formula is C10H18OS. The van der Waals surface area contributed by atoms with E-state index in [1.165, 1.54) is 11.8 Å². The minimum atomic E-state index is 0.0933. The van der Waals surface area contributed by atoms with Gasteiger partial charge < -0.3 is 0 Å². The number of thioether (sulfide) groups is 1. The zero-order chi connectivity index (χ0) is 9.78. The van der Waals surface area contributed by atoms with Gasteiger partial charge in [-0.15, -0.1) is 0 Å². The van der Waals surface area contributed by atoms with Crippen molar-refractivity contribution < 1.29 is 4.79 Å². The topological polar surface area (TPSA) is 17.1 Å². The Morgan fingerprint density at radius 1 is 1.42 bits per heavy atom. The van der Waals surface area contributed by atoms with Crippen LogP contribution in [0.15, 0.2) is 12.2 Å². The summed E-state index contributed by atoms with van der Waals surface area (Å²) in [6.07, 6.45) is 2.04. The molecule has 0 N–H and O–H groups in total. The summed E-state index contributed by atoms with van der Waals surface area (Å²) in [4.78, 5) is 11.3. The first-order chi connectivity index (χ1) is 5.45. The molecule has 0 aromatic rings. The number of carbonyl (C=O) groups is 1. The standard InChI is InChI=1S/C10H18OS/c1-6-10(5,7-2)12-9(11)8(3)4/h3,6-7H2,1-2,4-5H3. The summed E-state index contributed by atoms with van der Waals surface area (Å²) in [6.45, 7) is 11.8. The maximum atomic E-state index is 11.3. The smallest absolute Gasteiger partial charge is 0.214 e. The summed E-state index contributed by atoms with van der Waals surface area (Å²) in [6, 6.07) is 0. The van der Waals surface area contributed by atoms with Crippen molar-refractivity contribution >= 4 is 16.9 Å². The number of rotatable bonds is 4. The van der Waals surface area contributed by atoms with E-state index in [0.29, 0.717) is 5.57 Å². The average Bonchev–Trinajstić information content (AvgIpc) is 2.04. The first kappa shape index (κ1) is 11.8. The van der Waals surface area contributed by atoms with Crippen LogP contribution < -0.4 is 0 Å². The van der Waals surface area contributed by atoms with Gasteiger partial charge in [0.05, 0.1) is 0 Å². The van der Waals surface area contributed by atoms with Crippen LogP contribution in [-0.2, 0) is 4.79 Å². The fourth-order valence-corrected chi connectivity index (χ4v) is 1.62. The predicted molar refractivity (Wildman–Crippen MR) is 56.4 cm³/mol. The molecule has 0 aliphatic carbocycles. The van der Waals surface area contributed by atoms with Crippen molar-refractivity contribution in [2.45, 2.75) is 45.3 Å². The molecule has 0 unspecified atom stereocenters. The Bertz CT molecular complexity index is 180. The largest absolute Gasteiger partial charge is 0.282 e. The second kappa shape index (κ2) is 4.70. The average molecular weight is 186 g/mol. The van der Waals surface area contributed by atoms with E-state index in [1.807, 2.05) is 0 Å². The van der Waals surface area contributed by atoms with E-state index in [4.69, 9.17) is 0 Å². The van der Waals surface area contributed by atoms with Crippen LogP contribution >= 0.6 is 11.8 Å². The van der Waals surface area contributed by atoms with Crippen molar-refractivity contribution in [1.82, 2.24) is 0 Å². The van der Waals surface area contributed by atoms with Crippen molar-refractivity contribution in [3.8, 4) is 0 Å². The number of hydrogen-bond acceptors (Lipinski definition) is 2. The zero-order valence-electron chi connectivity index (χ0n) is 8.44. The molecule has 0 spiro atoms. The maximum Gasteiger partial charge on any atom is 0.214 e. The van der Waals surface area contributed by atoms with Crippen LogP contribution in [0.1, 0.15) is 40.5 Å². The molecule has 0 atom stereocenters. The lowest BCUT2D eigenvalue weighted by atomic mass is 10.1. The van der Waals surface area contributed by atoms with Crippen molar-refractivity contribution in [2.24, 2.45) is 0 Å². The Morgan fingerprint density at radius 3 is 2.08 bits per heavy atom. The third-order valence-electron chi connectivity index (χ3n) is 2.18. The number of carbonyl (C=O) groups excluding carboxylic acids is 1. The summed E-state index contributed by atoms with van der Waals surface area (Å²) in [7, 11) is 0. The van der Waals surface area contributed by atoms with Crippen LogP contribution in [0.2, 0.25) is 0 Å². The lowest BCUT2D eigenvalue weighted by molar-refractivity contribution is -0.107. The van der Waals surface area contributed by atoms with E-state index in [9.17, 15) is 4.79 Å². The van der Waals surface area contributed by atoms with Gasteiger partial charge in [-0.3, -0.25) is 4.79 Å². The molecule has 0 radical (unpaired) electrons. The molecule has 1 nitrogen and oxygen atoms in total. The fraction of sp³-hybridized carbons (Fsp3) is 0.700. The molecule has 0 aromatic carbocycles. The lowest BCUT2D eigenvalue weighted by Crippen LogP contribution is -2.20. The second-order valence-corrected chi connectivity index (χ2v) is 4.89. The van der Waals surface area contributed by atoms with Gasteiger partial charge in [0, 0.05) is 4.75 Å². The van der Waals surface area contributed by atoms with E-state index in [1.54, 1.807) is 6.92 Å². The molecule has 0 amide bonds. The monoisotopic (exact) mass is 186 g/mol. The van der Waals surface area contributed by atoms with Crippen molar-refractivity contribution in [2.75, 3.05) is 0 Å². The van der Waals surface area contributed by atoms with E-state index in [0.717, 1.165) is 12.8 Å². The summed E-state index contributed by atoms with van der Waals surface area (Å²) in [5.41, 5.74) is 0.646. The highest BCUT2D eigenvalue weighted by atomic mass is 32.2. The highest BCUT2D eigenvalue weighted by molar-refractivity contribution is 8.15. The Labute approximate surface area is 79.6 Å². The minimum Gasteiger partial charge on any atom is -0.282 e. The highest BCUT2D eigenvalue weighted by Crippen LogP contribution is 2.33. The third kappa shape index (κ3) is 3.44. The molecule has 0 aromatic heterocycles. The molecule has 0 rings (SSSR count). The van der Waals surface area contributed by atoms with Crippen molar-refractivity contribution in [3.63, 3.8) is 0 Å². The zero-order valence-corrected chi connectivity index (χ0v) is 9.25. The Morgan fingerprint density at radius 2 is 1.83 bits per heavy atom. The van der Waals surface area contributed by atoms with E-state index in [2.05, 4.69) is 27.4 Å². The summed E-state index contributed by atoms with van der Waals surface area (Å²) < 4.78 is 0.0933. The van der Waals surface area contributed by atoms with Crippen LogP contribution in [0, 0.1) is 0 Å². The van der Waals surface area contributed by atoms with Crippen LogP contribution in [-0.4, -0.2) is 9.86 Å². The Hall–Kier alpha value is -0.240. The fourth-order valence-electron chi connectivity index (χ4n) is 0.705. The molecule has 2 heteroatoms. The molecule has 0 saturated heterocycles. The first-order valence-electron chi connectivity index (χ1n) is 4.34. The van der Waals surface area contributed by atoms with Gasteiger partial charge >= 0.3 is 0 Å². The molecule has 0 heterocycles. The highest BCUT2D eigenvalue weighted by Gasteiger charge is 2.24. The summed E-state index contributed by atoms with van der Waals surface area (Å²) in [5.74, 6) is 0. The van der Waals surface area contributed by atoms with E-state index in [-0.39, 0.29) is 9.86 Å². The molecule has 70 valence electrons. The summed E-state index contributed by atoms with van der Waals surface area (Å²) >= 11 is 1.42. The Balaban J connectivity index is 4.21. The summed E-state index contributed by atoms with van der Waals surface area (Å²) in [5, 5.41) is 0.126. The third-order valence-corrected chi connectivity index (χ3v) is 3.79. The Kier molecular flexibility index (Phi) is 4.61. The molecule has 0 aliphatic rings. The number of hydrogen-bond donors (Lipinski definition) is 0. The molecule has 0 bridgehead atoms. The quantitative estimate of drug-likeness (QED) is 0.626. The van der Waals surface area contributed by atoms with Crippen LogP contribution in [0.5, 0.6) is 0 Å². The predicted octanol–water partition coefficient (Wildman–Crippen LogP) is 3.40. The molecule has 0 fully saturated rings. The van der Waals surface area contributed by atoms with Gasteiger partial charge in [-0.05, 0) is 32.3 Å². The molecular weight excluding hydrogens is 168 g/mol. The van der Waals surface area contributed by atoms with E-state index < -0.39 is 0 Å². The van der Waals surface area contributed by atoms with Crippen LogP contribution in [0.25, 0.3) is 0 Å². The van der Waals surface area contributed by atoms with Gasteiger partial charge in [0.2, 0.25) is 5.12 Å². The van der Waals surface area contributed by atoms with Gasteiger partial charge in [-0.2, -0.15) is 0 Å². The van der Waals surface area contributed by atoms with Crippen LogP contribution in [0.4, 0.5) is 0 Å². The van der Waals surface area contributed by atoms with Gasteiger partial charge in [0.25, 0.3) is 0 Å². The molecule has 0 aliphatic heterocycles. The van der Waals surface area contributed by atoms with E-state index >= 15 is 0 Å². The van der Waals surface area contributed by atoms with Crippen molar-refractivity contribution in [3.05, 3.63) is 12.2 Å². The first-order valence-corrected chi connectivity index (χ1v) is 5.15. The van der Waals surface area contributed by atoms with Gasteiger partial charge in [0.15, 0.2) is 0 Å². The molecule has 12 heavy (non-hydrogen) atoms. The van der Waals surface area contributed by atoms with Gasteiger partial charge in [0.1, 0.15) is 0 Å². The molecule has 0 saturated carbocycles. The second-order valence-electron chi connectivity index (χ2n) is 3.33.